The first kappa shape index (κ1) is 17.1. The molecule has 21 heavy (non-hydrogen) atoms. The smallest absolute Gasteiger partial charge is 0.255 e. The van der Waals surface area contributed by atoms with E-state index in [1.807, 2.05) is 0 Å². The van der Waals surface area contributed by atoms with Gasteiger partial charge in [-0.25, -0.2) is 0 Å². The van der Waals surface area contributed by atoms with E-state index in [1.54, 1.807) is 19.2 Å². The molecule has 0 aliphatic heterocycles. The Bertz CT molecular complexity index is 475. The highest BCUT2D eigenvalue weighted by Gasteiger charge is 2.17. The number of amides is 1. The van der Waals surface area contributed by atoms with Crippen molar-refractivity contribution in [3.63, 3.8) is 0 Å². The average Bonchev–Trinajstić information content (AvgIpc) is 2.49. The topological polar surface area (TPSA) is 61.2 Å². The highest BCUT2D eigenvalue weighted by atomic mass is 16.5. The lowest BCUT2D eigenvalue weighted by molar-refractivity contribution is -0.858. The molecule has 0 aliphatic rings. The molecule has 0 atom stereocenters. The summed E-state index contributed by atoms with van der Waals surface area (Å²) < 4.78 is 15.7. The van der Waals surface area contributed by atoms with Crippen molar-refractivity contribution in [3.8, 4) is 17.2 Å². The average molecular weight is 297 g/mol. The minimum Gasteiger partial charge on any atom is -0.496 e. The summed E-state index contributed by atoms with van der Waals surface area (Å²) in [6, 6.07) is 3.28. The lowest BCUT2D eigenvalue weighted by atomic mass is 10.1. The number of benzene rings is 1. The van der Waals surface area contributed by atoms with Gasteiger partial charge in [0.25, 0.3) is 5.91 Å². The van der Waals surface area contributed by atoms with Gasteiger partial charge in [0.05, 0.1) is 47.5 Å². The molecule has 1 aromatic carbocycles. The van der Waals surface area contributed by atoms with Crippen molar-refractivity contribution < 1.29 is 23.9 Å². The Morgan fingerprint density at radius 3 is 2.14 bits per heavy atom. The van der Waals surface area contributed by atoms with Crippen LogP contribution in [0.2, 0.25) is 0 Å². The number of hydrogen-bond donors (Lipinski definition) is 2. The lowest BCUT2D eigenvalue weighted by Crippen LogP contribution is -3.05. The van der Waals surface area contributed by atoms with E-state index in [9.17, 15) is 4.79 Å². The van der Waals surface area contributed by atoms with E-state index in [-0.39, 0.29) is 5.91 Å². The molecule has 0 saturated heterocycles. The van der Waals surface area contributed by atoms with Crippen LogP contribution in [0.25, 0.3) is 0 Å². The Balaban J connectivity index is 2.82. The van der Waals surface area contributed by atoms with Gasteiger partial charge in [0.1, 0.15) is 5.75 Å². The van der Waals surface area contributed by atoms with E-state index in [0.717, 1.165) is 13.0 Å². The second-order valence-electron chi connectivity index (χ2n) is 4.97. The minimum atomic E-state index is -0.179. The first-order chi connectivity index (χ1) is 10.0. The standard InChI is InChI=1S/C15H24N2O4/c1-17(2)8-6-7-16-15(18)11-9-13(20-4)14(21-5)10-12(11)19-3/h9-10H,6-8H2,1-5H3,(H,16,18)/p+1. The predicted molar refractivity (Wildman–Crippen MR) is 80.7 cm³/mol. The lowest BCUT2D eigenvalue weighted by Gasteiger charge is -2.14. The van der Waals surface area contributed by atoms with E-state index < -0.39 is 0 Å². The predicted octanol–water partition coefficient (Wildman–Crippen LogP) is -0.0232. The van der Waals surface area contributed by atoms with Crippen molar-refractivity contribution in [1.82, 2.24) is 5.32 Å². The molecule has 1 amide bonds. The number of carbonyl (C=O) groups excluding carboxylic acids is 1. The SMILES string of the molecule is COc1cc(OC)c(C(=O)NCCC[NH+](C)C)cc1OC. The molecule has 0 unspecified atom stereocenters. The molecule has 2 N–H and O–H groups in total. The van der Waals surface area contributed by atoms with Gasteiger partial charge in [0, 0.05) is 25.1 Å². The number of nitrogens with one attached hydrogen (secondary N) is 2. The number of quaternary nitrogens is 1. The molecule has 0 radical (unpaired) electrons. The highest BCUT2D eigenvalue weighted by molar-refractivity contribution is 5.97. The molecule has 6 heteroatoms. The van der Waals surface area contributed by atoms with Gasteiger partial charge >= 0.3 is 0 Å². The zero-order chi connectivity index (χ0) is 15.8. The van der Waals surface area contributed by atoms with Gasteiger partial charge in [-0.2, -0.15) is 0 Å². The van der Waals surface area contributed by atoms with E-state index in [1.165, 1.54) is 19.1 Å². The van der Waals surface area contributed by atoms with Crippen LogP contribution in [0.4, 0.5) is 0 Å². The molecular weight excluding hydrogens is 272 g/mol. The van der Waals surface area contributed by atoms with Gasteiger partial charge in [-0.15, -0.1) is 0 Å². The quantitative estimate of drug-likeness (QED) is 0.662. The van der Waals surface area contributed by atoms with Crippen LogP contribution in [0.5, 0.6) is 17.2 Å². The molecule has 0 saturated carbocycles. The summed E-state index contributed by atoms with van der Waals surface area (Å²) in [5, 5.41) is 2.89. The monoisotopic (exact) mass is 297 g/mol. The van der Waals surface area contributed by atoms with Gasteiger partial charge in [-0.1, -0.05) is 0 Å². The fourth-order valence-electron chi connectivity index (χ4n) is 1.95. The Kier molecular flexibility index (Phi) is 6.81. The Hall–Kier alpha value is -1.95. The summed E-state index contributed by atoms with van der Waals surface area (Å²) in [6.07, 6.45) is 0.920. The first-order valence-electron chi connectivity index (χ1n) is 6.90. The van der Waals surface area contributed by atoms with Gasteiger partial charge in [-0.3, -0.25) is 4.79 Å². The molecule has 1 aromatic rings. The Labute approximate surface area is 126 Å². The zero-order valence-corrected chi connectivity index (χ0v) is 13.4. The van der Waals surface area contributed by atoms with Crippen LogP contribution >= 0.6 is 0 Å². The fourth-order valence-corrected chi connectivity index (χ4v) is 1.95. The molecule has 0 bridgehead atoms. The van der Waals surface area contributed by atoms with Crippen molar-refractivity contribution >= 4 is 5.91 Å². The zero-order valence-electron chi connectivity index (χ0n) is 13.4. The molecule has 1 rings (SSSR count). The summed E-state index contributed by atoms with van der Waals surface area (Å²) in [4.78, 5) is 13.6. The summed E-state index contributed by atoms with van der Waals surface area (Å²) in [6.45, 7) is 1.63. The minimum absolute atomic E-state index is 0.179. The summed E-state index contributed by atoms with van der Waals surface area (Å²) in [5.41, 5.74) is 0.437. The van der Waals surface area contributed by atoms with E-state index in [2.05, 4.69) is 19.4 Å². The first-order valence-corrected chi connectivity index (χ1v) is 6.90. The molecule has 0 aliphatic carbocycles. The van der Waals surface area contributed by atoms with Crippen LogP contribution in [0, 0.1) is 0 Å². The number of methoxy groups -OCH3 is 3. The van der Waals surface area contributed by atoms with Crippen molar-refractivity contribution in [2.45, 2.75) is 6.42 Å². The van der Waals surface area contributed by atoms with E-state index in [4.69, 9.17) is 14.2 Å². The molecule has 118 valence electrons. The van der Waals surface area contributed by atoms with Crippen molar-refractivity contribution in [2.75, 3.05) is 48.5 Å². The van der Waals surface area contributed by atoms with E-state index in [0.29, 0.717) is 29.4 Å². The van der Waals surface area contributed by atoms with Crippen LogP contribution in [0.1, 0.15) is 16.8 Å². The maximum Gasteiger partial charge on any atom is 0.255 e. The second-order valence-corrected chi connectivity index (χ2v) is 4.97. The Morgan fingerprint density at radius 1 is 1.05 bits per heavy atom. The Morgan fingerprint density at radius 2 is 1.62 bits per heavy atom. The van der Waals surface area contributed by atoms with Gasteiger partial charge in [-0.05, 0) is 0 Å². The van der Waals surface area contributed by atoms with Crippen molar-refractivity contribution in [1.29, 1.82) is 0 Å². The molecule has 0 fully saturated rings. The second kappa shape index (κ2) is 8.36. The van der Waals surface area contributed by atoms with Crippen LogP contribution < -0.4 is 24.4 Å². The number of hydrogen-bond acceptors (Lipinski definition) is 4. The summed E-state index contributed by atoms with van der Waals surface area (Å²) in [5.74, 6) is 1.31. The van der Waals surface area contributed by atoms with Crippen molar-refractivity contribution in [2.24, 2.45) is 0 Å². The van der Waals surface area contributed by atoms with E-state index >= 15 is 0 Å². The number of carbonyl (C=O) groups is 1. The maximum absolute atomic E-state index is 12.2. The molecule has 6 nitrogen and oxygen atoms in total. The number of ether oxygens (including phenoxy) is 3. The summed E-state index contributed by atoms with van der Waals surface area (Å²) >= 11 is 0. The van der Waals surface area contributed by atoms with Gasteiger partial charge in [0.15, 0.2) is 11.5 Å². The molecular formula is C15H25N2O4+. The third-order valence-corrected chi connectivity index (χ3v) is 3.09. The maximum atomic E-state index is 12.2. The molecule has 0 spiro atoms. The van der Waals surface area contributed by atoms with Crippen LogP contribution in [0.3, 0.4) is 0 Å². The van der Waals surface area contributed by atoms with Crippen LogP contribution in [0.15, 0.2) is 12.1 Å². The largest absolute Gasteiger partial charge is 0.496 e. The highest BCUT2D eigenvalue weighted by Crippen LogP contribution is 2.34. The summed E-state index contributed by atoms with van der Waals surface area (Å²) in [7, 11) is 8.76. The molecule has 0 heterocycles. The van der Waals surface area contributed by atoms with Crippen LogP contribution in [-0.2, 0) is 0 Å². The van der Waals surface area contributed by atoms with Crippen LogP contribution in [-0.4, -0.2) is 54.4 Å². The number of rotatable bonds is 8. The van der Waals surface area contributed by atoms with Gasteiger partial charge in [0.2, 0.25) is 0 Å². The fraction of sp³-hybridized carbons (Fsp3) is 0.533. The van der Waals surface area contributed by atoms with Crippen molar-refractivity contribution in [3.05, 3.63) is 17.7 Å². The third kappa shape index (κ3) is 4.82. The van der Waals surface area contributed by atoms with Gasteiger partial charge < -0.3 is 24.4 Å². The molecule has 0 aromatic heterocycles. The third-order valence-electron chi connectivity index (χ3n) is 3.09. The normalized spacial score (nSPS) is 10.4.